The molecule has 0 unspecified atom stereocenters. The molecule has 2 N–H and O–H groups in total. The van der Waals surface area contributed by atoms with E-state index in [0.717, 1.165) is 78.3 Å². The molecule has 2 heterocycles. The number of carbonyl (C=O) groups excluding carboxylic acids is 1. The third kappa shape index (κ3) is 4.77. The topological polar surface area (TPSA) is 51.4 Å². The summed E-state index contributed by atoms with van der Waals surface area (Å²) in [5.74, 6) is -0.01000. The minimum atomic E-state index is -0.01000. The van der Waals surface area contributed by atoms with Gasteiger partial charge in [0.2, 0.25) is 0 Å². The molecule has 176 valence electrons. The second kappa shape index (κ2) is 10.1. The third-order valence-electron chi connectivity index (χ3n) is 6.84. The molecule has 0 aliphatic carbocycles. The Bertz CT molecular complexity index is 1310. The molecule has 0 spiro atoms. The lowest BCUT2D eigenvalue weighted by Crippen LogP contribution is -2.46. The molecule has 5 rings (SSSR count). The van der Waals surface area contributed by atoms with Gasteiger partial charge in [0.15, 0.2) is 0 Å². The first kappa shape index (κ1) is 22.8. The van der Waals surface area contributed by atoms with E-state index < -0.39 is 0 Å². The van der Waals surface area contributed by atoms with E-state index in [2.05, 4.69) is 57.4 Å². The number of rotatable bonds is 7. The van der Waals surface area contributed by atoms with Crippen LogP contribution in [0, 0.1) is 6.92 Å². The van der Waals surface area contributed by atoms with Crippen LogP contribution >= 0.6 is 11.6 Å². The van der Waals surface area contributed by atoms with Crippen molar-refractivity contribution in [3.05, 3.63) is 76.8 Å². The van der Waals surface area contributed by atoms with E-state index in [0.29, 0.717) is 12.1 Å². The molecule has 1 fully saturated rings. The van der Waals surface area contributed by atoms with Crippen molar-refractivity contribution >= 4 is 45.0 Å². The summed E-state index contributed by atoms with van der Waals surface area (Å²) in [7, 11) is 0. The number of halogens is 1. The average molecular weight is 475 g/mol. The maximum atomic E-state index is 12.6. The number of para-hydroxylation sites is 1. The van der Waals surface area contributed by atoms with Crippen molar-refractivity contribution in [3.63, 3.8) is 0 Å². The number of fused-ring (bicyclic) bond motifs is 3. The molecule has 34 heavy (non-hydrogen) atoms. The molecule has 0 atom stereocenters. The SMILES string of the molecule is Cc1cccc(N2CCN(CCCCNC(=O)c3ccc4c(c3)[nH]c3ccccc34)CC2)c1Cl. The molecule has 3 aromatic carbocycles. The second-order valence-electron chi connectivity index (χ2n) is 9.13. The number of aromatic nitrogens is 1. The van der Waals surface area contributed by atoms with Crippen LogP contribution in [0.25, 0.3) is 21.8 Å². The van der Waals surface area contributed by atoms with Crippen LogP contribution < -0.4 is 10.2 Å². The molecule has 1 aromatic heterocycles. The van der Waals surface area contributed by atoms with E-state index in [9.17, 15) is 4.79 Å². The predicted molar refractivity (Wildman–Crippen MR) is 142 cm³/mol. The molecule has 0 bridgehead atoms. The minimum absolute atomic E-state index is 0.01000. The van der Waals surface area contributed by atoms with Crippen LogP contribution in [0.2, 0.25) is 5.02 Å². The molecule has 1 aliphatic heterocycles. The summed E-state index contributed by atoms with van der Waals surface area (Å²) < 4.78 is 0. The number of benzene rings is 3. The Morgan fingerprint density at radius 1 is 0.941 bits per heavy atom. The highest BCUT2D eigenvalue weighted by molar-refractivity contribution is 6.34. The normalized spacial score (nSPS) is 14.7. The van der Waals surface area contributed by atoms with Gasteiger partial charge in [0, 0.05) is 60.1 Å². The van der Waals surface area contributed by atoms with Crippen LogP contribution in [-0.4, -0.2) is 55.1 Å². The van der Waals surface area contributed by atoms with Crippen molar-refractivity contribution in [1.82, 2.24) is 15.2 Å². The van der Waals surface area contributed by atoms with Gasteiger partial charge in [-0.1, -0.05) is 48.0 Å². The van der Waals surface area contributed by atoms with Crippen LogP contribution in [-0.2, 0) is 0 Å². The summed E-state index contributed by atoms with van der Waals surface area (Å²) in [5, 5.41) is 6.29. The van der Waals surface area contributed by atoms with Gasteiger partial charge in [0.25, 0.3) is 5.91 Å². The van der Waals surface area contributed by atoms with Crippen molar-refractivity contribution in [3.8, 4) is 0 Å². The number of anilines is 1. The Morgan fingerprint density at radius 2 is 1.74 bits per heavy atom. The Balaban J connectivity index is 1.05. The smallest absolute Gasteiger partial charge is 0.251 e. The molecule has 1 saturated heterocycles. The Morgan fingerprint density at radius 3 is 2.59 bits per heavy atom. The number of carbonyl (C=O) groups is 1. The maximum Gasteiger partial charge on any atom is 0.251 e. The maximum absolute atomic E-state index is 12.6. The number of nitrogens with one attached hydrogen (secondary N) is 2. The fourth-order valence-corrected chi connectivity index (χ4v) is 5.09. The van der Waals surface area contributed by atoms with Gasteiger partial charge in [-0.05, 0) is 56.1 Å². The van der Waals surface area contributed by atoms with Crippen LogP contribution in [0.3, 0.4) is 0 Å². The summed E-state index contributed by atoms with van der Waals surface area (Å²) >= 11 is 6.51. The molecule has 5 nitrogen and oxygen atoms in total. The third-order valence-corrected chi connectivity index (χ3v) is 7.33. The van der Waals surface area contributed by atoms with Gasteiger partial charge >= 0.3 is 0 Å². The molecule has 0 saturated carbocycles. The van der Waals surface area contributed by atoms with Crippen LogP contribution in [0.15, 0.2) is 60.7 Å². The van der Waals surface area contributed by atoms with Crippen molar-refractivity contribution in [2.45, 2.75) is 19.8 Å². The van der Waals surface area contributed by atoms with E-state index in [-0.39, 0.29) is 5.91 Å². The van der Waals surface area contributed by atoms with Gasteiger partial charge in [0.1, 0.15) is 0 Å². The number of aromatic amines is 1. The number of unbranched alkanes of at least 4 members (excludes halogenated alkanes) is 1. The number of amides is 1. The van der Waals surface area contributed by atoms with E-state index in [4.69, 9.17) is 11.6 Å². The van der Waals surface area contributed by atoms with Gasteiger partial charge in [-0.3, -0.25) is 9.69 Å². The fraction of sp³-hybridized carbons (Fsp3) is 0.321. The lowest BCUT2D eigenvalue weighted by Gasteiger charge is -2.36. The van der Waals surface area contributed by atoms with Gasteiger partial charge in [-0.25, -0.2) is 0 Å². The van der Waals surface area contributed by atoms with Gasteiger partial charge in [-0.15, -0.1) is 0 Å². The van der Waals surface area contributed by atoms with Crippen molar-refractivity contribution in [1.29, 1.82) is 0 Å². The average Bonchev–Trinajstić information content (AvgIpc) is 3.24. The number of aryl methyl sites for hydroxylation is 1. The van der Waals surface area contributed by atoms with Gasteiger partial charge in [0.05, 0.1) is 10.7 Å². The Kier molecular flexibility index (Phi) is 6.75. The predicted octanol–water partition coefficient (Wildman–Crippen LogP) is 5.62. The number of nitrogens with zero attached hydrogens (tertiary/aromatic N) is 2. The zero-order valence-electron chi connectivity index (χ0n) is 19.6. The van der Waals surface area contributed by atoms with Crippen LogP contribution in [0.5, 0.6) is 0 Å². The Hall–Kier alpha value is -3.02. The highest BCUT2D eigenvalue weighted by atomic mass is 35.5. The van der Waals surface area contributed by atoms with Gasteiger partial charge < -0.3 is 15.2 Å². The lowest BCUT2D eigenvalue weighted by atomic mass is 10.1. The summed E-state index contributed by atoms with van der Waals surface area (Å²) in [6.07, 6.45) is 2.05. The number of H-pyrrole nitrogens is 1. The van der Waals surface area contributed by atoms with E-state index in [1.54, 1.807) is 0 Å². The van der Waals surface area contributed by atoms with Crippen molar-refractivity contribution in [2.24, 2.45) is 0 Å². The molecular formula is C28H31ClN4O. The quantitative estimate of drug-likeness (QED) is 0.342. The first-order chi connectivity index (χ1) is 16.6. The minimum Gasteiger partial charge on any atom is -0.368 e. The number of hydrogen-bond donors (Lipinski definition) is 2. The molecule has 1 amide bonds. The molecule has 1 aliphatic rings. The van der Waals surface area contributed by atoms with Crippen molar-refractivity contribution < 1.29 is 4.79 Å². The zero-order valence-corrected chi connectivity index (χ0v) is 20.4. The zero-order chi connectivity index (χ0) is 23.5. The standard InChI is InChI=1S/C28H31ClN4O/c1-20-7-6-10-26(27(20)29)33-17-15-32(16-18-33)14-5-4-13-30-28(34)21-11-12-23-22-8-2-3-9-24(22)31-25(23)19-21/h2-3,6-12,19,31H,4-5,13-18H2,1H3,(H,30,34). The second-order valence-corrected chi connectivity index (χ2v) is 9.51. The summed E-state index contributed by atoms with van der Waals surface area (Å²) in [6.45, 7) is 7.89. The van der Waals surface area contributed by atoms with Crippen molar-refractivity contribution in [2.75, 3.05) is 44.2 Å². The first-order valence-electron chi connectivity index (χ1n) is 12.1. The molecule has 0 radical (unpaired) electrons. The molecule has 4 aromatic rings. The summed E-state index contributed by atoms with van der Waals surface area (Å²) in [5.41, 5.74) is 5.07. The van der Waals surface area contributed by atoms with E-state index >= 15 is 0 Å². The highest BCUT2D eigenvalue weighted by Gasteiger charge is 2.19. The monoisotopic (exact) mass is 474 g/mol. The first-order valence-corrected chi connectivity index (χ1v) is 12.5. The largest absolute Gasteiger partial charge is 0.368 e. The van der Waals surface area contributed by atoms with Crippen LogP contribution in [0.4, 0.5) is 5.69 Å². The highest BCUT2D eigenvalue weighted by Crippen LogP contribution is 2.29. The van der Waals surface area contributed by atoms with Gasteiger partial charge in [-0.2, -0.15) is 0 Å². The fourth-order valence-electron chi connectivity index (χ4n) is 4.85. The lowest BCUT2D eigenvalue weighted by molar-refractivity contribution is 0.0952. The molecule has 6 heteroatoms. The number of hydrogen-bond acceptors (Lipinski definition) is 3. The summed E-state index contributed by atoms with van der Waals surface area (Å²) in [6, 6.07) is 20.4. The van der Waals surface area contributed by atoms with Crippen LogP contribution in [0.1, 0.15) is 28.8 Å². The molecular weight excluding hydrogens is 444 g/mol. The van der Waals surface area contributed by atoms with E-state index in [1.807, 2.05) is 30.3 Å². The summed E-state index contributed by atoms with van der Waals surface area (Å²) in [4.78, 5) is 20.9. The Labute approximate surface area is 205 Å². The number of piperazine rings is 1. The van der Waals surface area contributed by atoms with E-state index in [1.165, 1.54) is 5.39 Å².